The van der Waals surface area contributed by atoms with Crippen molar-refractivity contribution >= 4 is 34.3 Å². The normalized spacial score (nSPS) is 12.5. The average Bonchev–Trinajstić information content (AvgIpc) is 2.79. The second-order valence-electron chi connectivity index (χ2n) is 4.26. The van der Waals surface area contributed by atoms with E-state index in [9.17, 15) is 10.1 Å². The molecule has 0 fully saturated rings. The molecule has 102 valence electrons. The van der Waals surface area contributed by atoms with Crippen LogP contribution < -0.4 is 5.32 Å². The van der Waals surface area contributed by atoms with Crippen LogP contribution in [0.3, 0.4) is 0 Å². The van der Waals surface area contributed by atoms with Gasteiger partial charge in [0.15, 0.2) is 0 Å². The number of fused-ring (bicyclic) bond motifs is 1. The van der Waals surface area contributed by atoms with Crippen LogP contribution in [0.2, 0.25) is 0 Å². The van der Waals surface area contributed by atoms with E-state index in [1.165, 1.54) is 12.1 Å². The first-order chi connectivity index (χ1) is 9.10. The number of benzene rings is 1. The number of rotatable bonds is 6. The van der Waals surface area contributed by atoms with Gasteiger partial charge in [-0.2, -0.15) is 0 Å². The summed E-state index contributed by atoms with van der Waals surface area (Å²) in [6.07, 6.45) is 1.77. The lowest BCUT2D eigenvalue weighted by Crippen LogP contribution is -2.08. The van der Waals surface area contributed by atoms with Crippen LogP contribution in [0.15, 0.2) is 18.2 Å². The third-order valence-corrected chi connectivity index (χ3v) is 3.40. The number of H-pyrrole nitrogens is 1. The fourth-order valence-electron chi connectivity index (χ4n) is 1.75. The maximum atomic E-state index is 10.7. The number of non-ortho nitro benzene ring substituents is 1. The van der Waals surface area contributed by atoms with Crippen molar-refractivity contribution < 1.29 is 4.92 Å². The van der Waals surface area contributed by atoms with Crippen LogP contribution in [0.5, 0.6) is 0 Å². The molecule has 0 saturated heterocycles. The van der Waals surface area contributed by atoms with Crippen molar-refractivity contribution in [2.75, 3.05) is 11.9 Å². The maximum absolute atomic E-state index is 10.7. The standard InChI is InChI=1S/C12H15ClN4O2/c1-2-8(13)5-6-14-12-15-10-4-3-9(17(18)19)7-11(10)16-12/h3-4,7-8H,2,5-6H2,1H3,(H2,14,15,16). The minimum absolute atomic E-state index is 0.0505. The molecule has 1 heterocycles. The fraction of sp³-hybridized carbons (Fsp3) is 0.417. The van der Waals surface area contributed by atoms with E-state index in [-0.39, 0.29) is 11.1 Å². The molecule has 0 spiro atoms. The van der Waals surface area contributed by atoms with Gasteiger partial charge in [0.2, 0.25) is 5.95 Å². The molecule has 0 aliphatic heterocycles. The molecule has 2 N–H and O–H groups in total. The van der Waals surface area contributed by atoms with Gasteiger partial charge in [0.25, 0.3) is 5.69 Å². The van der Waals surface area contributed by atoms with Crippen LogP contribution in [-0.2, 0) is 0 Å². The quantitative estimate of drug-likeness (QED) is 0.484. The molecule has 2 aromatic rings. The van der Waals surface area contributed by atoms with Crippen LogP contribution in [0, 0.1) is 10.1 Å². The number of imidazole rings is 1. The number of nitro groups is 1. The Hall–Kier alpha value is -1.82. The first-order valence-corrected chi connectivity index (χ1v) is 6.56. The minimum atomic E-state index is -0.424. The third kappa shape index (κ3) is 3.35. The summed E-state index contributed by atoms with van der Waals surface area (Å²) in [5.74, 6) is 0.607. The molecule has 1 unspecified atom stereocenters. The number of alkyl halides is 1. The molecule has 0 radical (unpaired) electrons. The van der Waals surface area contributed by atoms with Crippen LogP contribution in [0.1, 0.15) is 19.8 Å². The van der Waals surface area contributed by atoms with Gasteiger partial charge in [-0.25, -0.2) is 4.98 Å². The van der Waals surface area contributed by atoms with Crippen molar-refractivity contribution in [3.63, 3.8) is 0 Å². The second kappa shape index (κ2) is 5.88. The molecule has 7 heteroatoms. The minimum Gasteiger partial charge on any atom is -0.356 e. The first kappa shape index (κ1) is 13.6. The Kier molecular flexibility index (Phi) is 4.21. The number of nitrogens with zero attached hydrogens (tertiary/aromatic N) is 2. The zero-order valence-corrected chi connectivity index (χ0v) is 11.3. The van der Waals surface area contributed by atoms with E-state index in [0.29, 0.717) is 23.5 Å². The highest BCUT2D eigenvalue weighted by atomic mass is 35.5. The predicted molar refractivity (Wildman–Crippen MR) is 75.8 cm³/mol. The van der Waals surface area contributed by atoms with Crippen molar-refractivity contribution in [2.45, 2.75) is 25.1 Å². The number of hydrogen-bond acceptors (Lipinski definition) is 4. The SMILES string of the molecule is CCC(Cl)CCNc1nc2ccc([N+](=O)[O-])cc2[nH]1. The summed E-state index contributed by atoms with van der Waals surface area (Å²) in [6, 6.07) is 4.55. The van der Waals surface area contributed by atoms with Gasteiger partial charge in [-0.05, 0) is 18.9 Å². The van der Waals surface area contributed by atoms with Gasteiger partial charge in [-0.1, -0.05) is 6.92 Å². The van der Waals surface area contributed by atoms with Gasteiger partial charge in [0.1, 0.15) is 0 Å². The van der Waals surface area contributed by atoms with E-state index >= 15 is 0 Å². The summed E-state index contributed by atoms with van der Waals surface area (Å²) < 4.78 is 0. The molecule has 0 aliphatic carbocycles. The van der Waals surface area contributed by atoms with E-state index in [2.05, 4.69) is 15.3 Å². The molecule has 0 bridgehead atoms. The summed E-state index contributed by atoms with van der Waals surface area (Å²) in [6.45, 7) is 2.75. The van der Waals surface area contributed by atoms with Crippen LogP contribution >= 0.6 is 11.6 Å². The van der Waals surface area contributed by atoms with E-state index in [1.54, 1.807) is 6.07 Å². The first-order valence-electron chi connectivity index (χ1n) is 6.12. The third-order valence-electron chi connectivity index (χ3n) is 2.87. The van der Waals surface area contributed by atoms with Crippen molar-refractivity contribution in [3.05, 3.63) is 28.3 Å². The van der Waals surface area contributed by atoms with Crippen molar-refractivity contribution in [2.24, 2.45) is 0 Å². The predicted octanol–water partition coefficient (Wildman–Crippen LogP) is 3.29. The molecule has 1 atom stereocenters. The molecule has 1 aromatic heterocycles. The largest absolute Gasteiger partial charge is 0.356 e. The smallest absolute Gasteiger partial charge is 0.271 e. The topological polar surface area (TPSA) is 83.8 Å². The summed E-state index contributed by atoms with van der Waals surface area (Å²) in [7, 11) is 0. The Morgan fingerprint density at radius 1 is 1.58 bits per heavy atom. The highest BCUT2D eigenvalue weighted by Gasteiger charge is 2.09. The molecule has 6 nitrogen and oxygen atoms in total. The Balaban J connectivity index is 2.07. The van der Waals surface area contributed by atoms with Crippen molar-refractivity contribution in [1.29, 1.82) is 0 Å². The molecule has 0 amide bonds. The van der Waals surface area contributed by atoms with Crippen molar-refractivity contribution in [1.82, 2.24) is 9.97 Å². The molecule has 2 rings (SSSR count). The molecular weight excluding hydrogens is 268 g/mol. The highest BCUT2D eigenvalue weighted by Crippen LogP contribution is 2.20. The van der Waals surface area contributed by atoms with Gasteiger partial charge < -0.3 is 10.3 Å². The Bertz CT molecular complexity index is 584. The number of anilines is 1. The Labute approximate surface area is 115 Å². The summed E-state index contributed by atoms with van der Waals surface area (Å²) >= 11 is 6.02. The van der Waals surface area contributed by atoms with E-state index < -0.39 is 4.92 Å². The van der Waals surface area contributed by atoms with E-state index in [1.807, 2.05) is 6.92 Å². The molecular formula is C12H15ClN4O2. The Morgan fingerprint density at radius 2 is 2.37 bits per heavy atom. The van der Waals surface area contributed by atoms with Gasteiger partial charge in [0, 0.05) is 24.1 Å². The van der Waals surface area contributed by atoms with Crippen LogP contribution in [-0.4, -0.2) is 26.8 Å². The van der Waals surface area contributed by atoms with Crippen LogP contribution in [0.4, 0.5) is 11.6 Å². The second-order valence-corrected chi connectivity index (χ2v) is 4.88. The molecule has 0 saturated carbocycles. The lowest BCUT2D eigenvalue weighted by molar-refractivity contribution is -0.384. The van der Waals surface area contributed by atoms with Crippen LogP contribution in [0.25, 0.3) is 11.0 Å². The number of aromatic nitrogens is 2. The molecule has 1 aromatic carbocycles. The van der Waals surface area contributed by atoms with Crippen molar-refractivity contribution in [3.8, 4) is 0 Å². The van der Waals surface area contributed by atoms with E-state index in [4.69, 9.17) is 11.6 Å². The summed E-state index contributed by atoms with van der Waals surface area (Å²) in [5, 5.41) is 14.0. The zero-order chi connectivity index (χ0) is 13.8. The summed E-state index contributed by atoms with van der Waals surface area (Å²) in [4.78, 5) is 17.6. The number of aromatic amines is 1. The lowest BCUT2D eigenvalue weighted by Gasteiger charge is -2.06. The molecule has 0 aliphatic rings. The summed E-state index contributed by atoms with van der Waals surface area (Å²) in [5.41, 5.74) is 1.40. The number of hydrogen-bond donors (Lipinski definition) is 2. The maximum Gasteiger partial charge on any atom is 0.271 e. The van der Waals surface area contributed by atoms with Gasteiger partial charge in [0.05, 0.1) is 16.0 Å². The number of nitro benzene ring substituents is 1. The Morgan fingerprint density at radius 3 is 3.05 bits per heavy atom. The molecule has 19 heavy (non-hydrogen) atoms. The van der Waals surface area contributed by atoms with Gasteiger partial charge in [-0.15, -0.1) is 11.6 Å². The number of halogens is 1. The number of nitrogens with one attached hydrogen (secondary N) is 2. The van der Waals surface area contributed by atoms with Gasteiger partial charge >= 0.3 is 0 Å². The van der Waals surface area contributed by atoms with E-state index in [0.717, 1.165) is 12.8 Å². The zero-order valence-electron chi connectivity index (χ0n) is 10.5. The highest BCUT2D eigenvalue weighted by molar-refractivity contribution is 6.20. The average molecular weight is 283 g/mol. The fourth-order valence-corrected chi connectivity index (χ4v) is 1.86. The monoisotopic (exact) mass is 282 g/mol. The lowest BCUT2D eigenvalue weighted by atomic mass is 10.2. The van der Waals surface area contributed by atoms with Gasteiger partial charge in [-0.3, -0.25) is 10.1 Å².